The molecule has 3 rings (SSSR count). The van der Waals surface area contributed by atoms with Crippen LogP contribution in [-0.2, 0) is 21.4 Å². The lowest BCUT2D eigenvalue weighted by molar-refractivity contribution is -0.122. The van der Waals surface area contributed by atoms with E-state index < -0.39 is 10.0 Å². The monoisotopic (exact) mass is 420 g/mol. The van der Waals surface area contributed by atoms with Crippen LogP contribution < -0.4 is 5.32 Å². The highest BCUT2D eigenvalue weighted by Crippen LogP contribution is 2.22. The summed E-state index contributed by atoms with van der Waals surface area (Å²) < 4.78 is 27.6. The van der Waals surface area contributed by atoms with E-state index in [4.69, 9.17) is 11.6 Å². The molecule has 0 heterocycles. The van der Waals surface area contributed by atoms with Crippen LogP contribution in [0.1, 0.15) is 37.7 Å². The summed E-state index contributed by atoms with van der Waals surface area (Å²) in [5, 5.41) is 3.34. The maximum Gasteiger partial charge on any atom is 0.243 e. The normalized spacial score (nSPS) is 15.5. The molecule has 7 heteroatoms. The Balaban J connectivity index is 1.81. The third-order valence-corrected chi connectivity index (χ3v) is 6.95. The molecule has 2 aromatic carbocycles. The lowest BCUT2D eigenvalue weighted by Gasteiger charge is -2.26. The van der Waals surface area contributed by atoms with Gasteiger partial charge in [0.2, 0.25) is 15.9 Å². The Bertz CT molecular complexity index is 897. The maximum atomic E-state index is 13.2. The minimum absolute atomic E-state index is 0.0846. The predicted molar refractivity (Wildman–Crippen MR) is 111 cm³/mol. The van der Waals surface area contributed by atoms with E-state index in [1.807, 2.05) is 30.3 Å². The summed E-state index contributed by atoms with van der Waals surface area (Å²) in [5.41, 5.74) is 0.818. The first-order valence-electron chi connectivity index (χ1n) is 9.54. The lowest BCUT2D eigenvalue weighted by atomic mass is 9.95. The van der Waals surface area contributed by atoms with E-state index >= 15 is 0 Å². The molecule has 0 spiro atoms. The van der Waals surface area contributed by atoms with Crippen LogP contribution in [0.25, 0.3) is 0 Å². The van der Waals surface area contributed by atoms with Crippen LogP contribution in [0.5, 0.6) is 0 Å². The number of carbonyl (C=O) groups is 1. The third-order valence-electron chi connectivity index (χ3n) is 4.93. The van der Waals surface area contributed by atoms with E-state index in [0.717, 1.165) is 31.2 Å². The number of halogens is 1. The number of hydrogen-bond acceptors (Lipinski definition) is 3. The van der Waals surface area contributed by atoms with Crippen LogP contribution in [0.3, 0.4) is 0 Å². The lowest BCUT2D eigenvalue weighted by Crippen LogP contribution is -2.44. The van der Waals surface area contributed by atoms with Crippen LogP contribution >= 0.6 is 11.6 Å². The molecule has 5 nitrogen and oxygen atoms in total. The molecule has 1 aliphatic rings. The zero-order chi connectivity index (χ0) is 20.0. The topological polar surface area (TPSA) is 66.5 Å². The van der Waals surface area contributed by atoms with Gasteiger partial charge in [-0.2, -0.15) is 4.31 Å². The van der Waals surface area contributed by atoms with Gasteiger partial charge in [-0.15, -0.1) is 0 Å². The summed E-state index contributed by atoms with van der Waals surface area (Å²) in [5.74, 6) is -0.270. The molecule has 0 unspecified atom stereocenters. The summed E-state index contributed by atoms with van der Waals surface area (Å²) >= 11 is 5.99. The second-order valence-electron chi connectivity index (χ2n) is 7.12. The smallest absolute Gasteiger partial charge is 0.243 e. The number of amides is 1. The van der Waals surface area contributed by atoms with E-state index in [0.29, 0.717) is 5.02 Å². The van der Waals surface area contributed by atoms with Crippen molar-refractivity contribution in [1.29, 1.82) is 0 Å². The Kier molecular flexibility index (Phi) is 7.10. The molecule has 0 radical (unpaired) electrons. The minimum atomic E-state index is -3.87. The van der Waals surface area contributed by atoms with Crippen molar-refractivity contribution in [2.45, 2.75) is 49.6 Å². The van der Waals surface area contributed by atoms with Crippen LogP contribution in [-0.4, -0.2) is 31.2 Å². The predicted octanol–water partition coefficient (Wildman–Crippen LogP) is 3.98. The fourth-order valence-corrected chi connectivity index (χ4v) is 5.16. The number of nitrogens with zero attached hydrogens (tertiary/aromatic N) is 1. The first kappa shape index (κ1) is 20.8. The van der Waals surface area contributed by atoms with Gasteiger partial charge in [-0.3, -0.25) is 4.79 Å². The third kappa shape index (κ3) is 5.56. The molecule has 1 N–H and O–H groups in total. The standard InChI is InChI=1S/C21H25ClN2O3S/c22-18-10-7-13-20(14-18)28(26,27)24(15-17-8-3-1-4-9-17)16-21(25)23-19-11-5-2-6-12-19/h1,3-4,7-10,13-14,19H,2,5-6,11-12,15-16H2,(H,23,25). The summed E-state index contributed by atoms with van der Waals surface area (Å²) in [6, 6.07) is 15.5. The van der Waals surface area contributed by atoms with Crippen molar-refractivity contribution in [1.82, 2.24) is 9.62 Å². The SMILES string of the molecule is O=C(CN(Cc1ccccc1)S(=O)(=O)c1cccc(Cl)c1)NC1CCCCC1. The summed E-state index contributed by atoms with van der Waals surface area (Å²) in [4.78, 5) is 12.7. The van der Waals surface area contributed by atoms with Crippen LogP contribution in [0.15, 0.2) is 59.5 Å². The van der Waals surface area contributed by atoms with Gasteiger partial charge >= 0.3 is 0 Å². The van der Waals surface area contributed by atoms with E-state index in [9.17, 15) is 13.2 Å². The molecule has 28 heavy (non-hydrogen) atoms. The zero-order valence-electron chi connectivity index (χ0n) is 15.7. The Morgan fingerprint density at radius 3 is 2.43 bits per heavy atom. The van der Waals surface area contributed by atoms with Gasteiger partial charge in [-0.1, -0.05) is 67.3 Å². The largest absolute Gasteiger partial charge is 0.352 e. The highest BCUT2D eigenvalue weighted by molar-refractivity contribution is 7.89. The molecule has 150 valence electrons. The van der Waals surface area contributed by atoms with Gasteiger partial charge in [0.15, 0.2) is 0 Å². The van der Waals surface area contributed by atoms with Crippen molar-refractivity contribution in [3.8, 4) is 0 Å². The van der Waals surface area contributed by atoms with E-state index in [2.05, 4.69) is 5.32 Å². The number of nitrogens with one attached hydrogen (secondary N) is 1. The molecule has 0 bridgehead atoms. The van der Waals surface area contributed by atoms with E-state index in [1.54, 1.807) is 12.1 Å². The van der Waals surface area contributed by atoms with Crippen LogP contribution in [0, 0.1) is 0 Å². The molecular formula is C21H25ClN2O3S. The Morgan fingerprint density at radius 1 is 1.04 bits per heavy atom. The molecule has 0 aromatic heterocycles. The number of benzene rings is 2. The summed E-state index contributed by atoms with van der Waals surface area (Å²) in [6.07, 6.45) is 5.28. The molecule has 1 saturated carbocycles. The van der Waals surface area contributed by atoms with Crippen molar-refractivity contribution in [3.63, 3.8) is 0 Å². The Hall–Kier alpha value is -1.89. The van der Waals surface area contributed by atoms with Crippen LogP contribution in [0.4, 0.5) is 0 Å². The number of hydrogen-bond donors (Lipinski definition) is 1. The fraction of sp³-hybridized carbons (Fsp3) is 0.381. The average Bonchev–Trinajstić information content (AvgIpc) is 2.69. The second-order valence-corrected chi connectivity index (χ2v) is 9.49. The number of carbonyl (C=O) groups excluding carboxylic acids is 1. The maximum absolute atomic E-state index is 13.2. The first-order chi connectivity index (χ1) is 13.4. The molecule has 0 atom stereocenters. The van der Waals surface area contributed by atoms with Gasteiger partial charge in [0.1, 0.15) is 0 Å². The molecule has 2 aromatic rings. The van der Waals surface area contributed by atoms with Gasteiger partial charge in [-0.25, -0.2) is 8.42 Å². The minimum Gasteiger partial charge on any atom is -0.352 e. The molecule has 0 saturated heterocycles. The molecule has 1 aliphatic carbocycles. The highest BCUT2D eigenvalue weighted by atomic mass is 35.5. The van der Waals surface area contributed by atoms with Gasteiger partial charge in [0, 0.05) is 17.6 Å². The first-order valence-corrected chi connectivity index (χ1v) is 11.4. The number of sulfonamides is 1. The van der Waals surface area contributed by atoms with E-state index in [1.165, 1.54) is 22.9 Å². The Labute approximate surface area is 171 Å². The molecular weight excluding hydrogens is 396 g/mol. The quantitative estimate of drug-likeness (QED) is 0.736. The van der Waals surface area contributed by atoms with Crippen molar-refractivity contribution < 1.29 is 13.2 Å². The van der Waals surface area contributed by atoms with Gasteiger partial charge < -0.3 is 5.32 Å². The van der Waals surface area contributed by atoms with Crippen molar-refractivity contribution in [3.05, 3.63) is 65.2 Å². The number of rotatable bonds is 7. The molecule has 0 aliphatic heterocycles. The zero-order valence-corrected chi connectivity index (χ0v) is 17.3. The van der Waals surface area contributed by atoms with Crippen molar-refractivity contribution in [2.75, 3.05) is 6.54 Å². The van der Waals surface area contributed by atoms with Gasteiger partial charge in [-0.05, 0) is 36.6 Å². The summed E-state index contributed by atoms with van der Waals surface area (Å²) in [7, 11) is -3.87. The van der Waals surface area contributed by atoms with E-state index in [-0.39, 0.29) is 29.9 Å². The van der Waals surface area contributed by atoms with Gasteiger partial charge in [0.05, 0.1) is 11.4 Å². The molecule has 1 amide bonds. The Morgan fingerprint density at radius 2 is 1.75 bits per heavy atom. The van der Waals surface area contributed by atoms with Crippen LogP contribution in [0.2, 0.25) is 5.02 Å². The highest BCUT2D eigenvalue weighted by Gasteiger charge is 2.28. The van der Waals surface area contributed by atoms with Gasteiger partial charge in [0.25, 0.3) is 0 Å². The van der Waals surface area contributed by atoms with Crippen molar-refractivity contribution >= 4 is 27.5 Å². The second kappa shape index (κ2) is 9.54. The van der Waals surface area contributed by atoms with Crippen molar-refractivity contribution in [2.24, 2.45) is 0 Å². The summed E-state index contributed by atoms with van der Waals surface area (Å²) in [6.45, 7) is -0.103. The fourth-order valence-electron chi connectivity index (χ4n) is 3.47. The average molecular weight is 421 g/mol. The molecule has 1 fully saturated rings.